The fourth-order valence-corrected chi connectivity index (χ4v) is 6.00. The van der Waals surface area contributed by atoms with E-state index in [0.29, 0.717) is 12.0 Å². The lowest BCUT2D eigenvalue weighted by atomic mass is 9.75. The Labute approximate surface area is 173 Å². The number of rotatable bonds is 7. The molecule has 3 atom stereocenters. The van der Waals surface area contributed by atoms with E-state index in [0.717, 1.165) is 29.8 Å². The van der Waals surface area contributed by atoms with Gasteiger partial charge in [-0.25, -0.2) is 4.98 Å². The first-order valence-corrected chi connectivity index (χ1v) is 11.6. The lowest BCUT2D eigenvalue weighted by Gasteiger charge is -2.55. The number of hydrogen-bond acceptors (Lipinski definition) is 5. The molecule has 4 rings (SSSR count). The van der Waals surface area contributed by atoms with Crippen LogP contribution in [0.2, 0.25) is 0 Å². The number of benzene rings is 1. The van der Waals surface area contributed by atoms with Gasteiger partial charge in [0.2, 0.25) is 0 Å². The van der Waals surface area contributed by atoms with Gasteiger partial charge in [-0.2, -0.15) is 0 Å². The number of hydrogen-bond donors (Lipinski definition) is 2. The molecule has 0 radical (unpaired) electrons. The van der Waals surface area contributed by atoms with E-state index in [1.54, 1.807) is 11.3 Å². The Hall–Kier alpha value is -1.43. The first kappa shape index (κ1) is 19.9. The molecule has 5 heteroatoms. The zero-order chi connectivity index (χ0) is 19.5. The number of aliphatic hydroxyl groups excluding tert-OH is 1. The van der Waals surface area contributed by atoms with Crippen LogP contribution in [0.15, 0.2) is 30.3 Å². The third kappa shape index (κ3) is 3.98. The van der Waals surface area contributed by atoms with Crippen LogP contribution in [0.5, 0.6) is 0 Å². The number of thiazole rings is 1. The smallest absolute Gasteiger partial charge is 0.186 e. The average Bonchev–Trinajstić information content (AvgIpc) is 3.03. The summed E-state index contributed by atoms with van der Waals surface area (Å²) in [6.45, 7) is 6.44. The van der Waals surface area contributed by atoms with Crippen molar-refractivity contribution in [3.63, 3.8) is 0 Å². The summed E-state index contributed by atoms with van der Waals surface area (Å²) in [6, 6.07) is 11.1. The molecule has 0 bridgehead atoms. The number of nitrogens with zero attached hydrogens (tertiary/aromatic N) is 2. The van der Waals surface area contributed by atoms with Crippen molar-refractivity contribution in [2.24, 2.45) is 5.92 Å². The lowest BCUT2D eigenvalue weighted by Crippen LogP contribution is -2.67. The van der Waals surface area contributed by atoms with Crippen molar-refractivity contribution in [3.05, 3.63) is 46.5 Å². The van der Waals surface area contributed by atoms with E-state index in [1.807, 2.05) is 0 Å². The highest BCUT2D eigenvalue weighted by Gasteiger charge is 2.49. The normalized spacial score (nSPS) is 25.7. The molecule has 2 heterocycles. The van der Waals surface area contributed by atoms with Gasteiger partial charge in [0.25, 0.3) is 0 Å². The van der Waals surface area contributed by atoms with E-state index in [4.69, 9.17) is 4.98 Å². The molecule has 1 saturated heterocycles. The SMILES string of the molecule is Cc1nc(N2[C@H](CO)[C@H](c3ccccc3)[C@H]2CNCC2CCCCC2)sc1C. The van der Waals surface area contributed by atoms with E-state index < -0.39 is 0 Å². The quantitative estimate of drug-likeness (QED) is 0.730. The van der Waals surface area contributed by atoms with Crippen LogP contribution in [0.4, 0.5) is 5.13 Å². The van der Waals surface area contributed by atoms with Gasteiger partial charge in [-0.15, -0.1) is 11.3 Å². The first-order valence-electron chi connectivity index (χ1n) is 10.8. The molecule has 1 aromatic heterocycles. The summed E-state index contributed by atoms with van der Waals surface area (Å²) in [5.74, 6) is 1.17. The summed E-state index contributed by atoms with van der Waals surface area (Å²) in [5, 5.41) is 15.0. The Morgan fingerprint density at radius 2 is 1.82 bits per heavy atom. The van der Waals surface area contributed by atoms with Crippen LogP contribution < -0.4 is 10.2 Å². The second-order valence-electron chi connectivity index (χ2n) is 8.46. The van der Waals surface area contributed by atoms with Crippen LogP contribution in [0.3, 0.4) is 0 Å². The predicted octanol–water partition coefficient (Wildman–Crippen LogP) is 4.26. The van der Waals surface area contributed by atoms with E-state index in [2.05, 4.69) is 54.4 Å². The summed E-state index contributed by atoms with van der Waals surface area (Å²) in [4.78, 5) is 8.45. The van der Waals surface area contributed by atoms with Gasteiger partial charge in [0.15, 0.2) is 5.13 Å². The van der Waals surface area contributed by atoms with Crippen molar-refractivity contribution in [2.45, 2.75) is 64.0 Å². The molecular weight excluding hydrogens is 366 g/mol. The van der Waals surface area contributed by atoms with Gasteiger partial charge < -0.3 is 15.3 Å². The largest absolute Gasteiger partial charge is 0.394 e. The predicted molar refractivity (Wildman–Crippen MR) is 117 cm³/mol. The van der Waals surface area contributed by atoms with Crippen LogP contribution >= 0.6 is 11.3 Å². The molecule has 0 unspecified atom stereocenters. The number of nitrogens with one attached hydrogen (secondary N) is 1. The molecular formula is C23H33N3OS. The molecule has 1 saturated carbocycles. The van der Waals surface area contributed by atoms with Gasteiger partial charge in [-0.1, -0.05) is 49.6 Å². The van der Waals surface area contributed by atoms with Crippen molar-refractivity contribution in [2.75, 3.05) is 24.6 Å². The fraction of sp³-hybridized carbons (Fsp3) is 0.609. The summed E-state index contributed by atoms with van der Waals surface area (Å²) in [6.07, 6.45) is 6.92. The summed E-state index contributed by atoms with van der Waals surface area (Å²) >= 11 is 1.76. The molecule has 2 N–H and O–H groups in total. The highest BCUT2D eigenvalue weighted by Crippen LogP contribution is 2.45. The van der Waals surface area contributed by atoms with Crippen molar-refractivity contribution < 1.29 is 5.11 Å². The van der Waals surface area contributed by atoms with Gasteiger partial charge in [0, 0.05) is 17.3 Å². The molecule has 0 amide bonds. The Morgan fingerprint density at radius 1 is 1.07 bits per heavy atom. The maximum Gasteiger partial charge on any atom is 0.186 e. The fourth-order valence-electron chi connectivity index (χ4n) is 4.97. The van der Waals surface area contributed by atoms with Crippen LogP contribution in [0.25, 0.3) is 0 Å². The molecule has 1 aliphatic heterocycles. The molecule has 2 aliphatic rings. The van der Waals surface area contributed by atoms with Crippen LogP contribution in [-0.2, 0) is 0 Å². The molecule has 2 fully saturated rings. The molecule has 0 spiro atoms. The van der Waals surface area contributed by atoms with Gasteiger partial charge in [-0.3, -0.25) is 0 Å². The van der Waals surface area contributed by atoms with Gasteiger partial charge in [-0.05, 0) is 44.7 Å². The topological polar surface area (TPSA) is 48.4 Å². The van der Waals surface area contributed by atoms with E-state index >= 15 is 0 Å². The summed E-state index contributed by atoms with van der Waals surface area (Å²) in [5.41, 5.74) is 2.43. The van der Waals surface area contributed by atoms with Crippen LogP contribution in [0.1, 0.15) is 54.2 Å². The maximum atomic E-state index is 10.2. The Bertz CT molecular complexity index is 737. The minimum absolute atomic E-state index is 0.105. The molecule has 1 aromatic carbocycles. The number of anilines is 1. The minimum Gasteiger partial charge on any atom is -0.394 e. The third-order valence-electron chi connectivity index (χ3n) is 6.66. The molecule has 2 aromatic rings. The Morgan fingerprint density at radius 3 is 2.46 bits per heavy atom. The first-order chi connectivity index (χ1) is 13.7. The summed E-state index contributed by atoms with van der Waals surface area (Å²) in [7, 11) is 0. The van der Waals surface area contributed by atoms with Crippen molar-refractivity contribution >= 4 is 16.5 Å². The van der Waals surface area contributed by atoms with Crippen molar-refractivity contribution in [1.29, 1.82) is 0 Å². The Kier molecular flexibility index (Phi) is 6.34. The standard InChI is InChI=1S/C23H33N3OS/c1-16-17(2)28-23(25-16)26-20(14-24-13-18-9-5-3-6-10-18)22(21(26)15-27)19-11-7-4-8-12-19/h4,7-8,11-12,18,20-22,24,27H,3,5-6,9-10,13-15H2,1-2H3/t20-,21-,22-/m1/s1. The third-order valence-corrected chi connectivity index (χ3v) is 7.75. The van der Waals surface area contributed by atoms with Crippen LogP contribution in [-0.4, -0.2) is 41.9 Å². The highest BCUT2D eigenvalue weighted by atomic mass is 32.1. The molecule has 4 nitrogen and oxygen atoms in total. The van der Waals surface area contributed by atoms with Gasteiger partial charge >= 0.3 is 0 Å². The molecule has 152 valence electrons. The Balaban J connectivity index is 1.51. The monoisotopic (exact) mass is 399 g/mol. The highest BCUT2D eigenvalue weighted by molar-refractivity contribution is 7.15. The number of aryl methyl sites for hydroxylation is 2. The number of aliphatic hydroxyl groups is 1. The second kappa shape index (κ2) is 8.93. The van der Waals surface area contributed by atoms with E-state index in [-0.39, 0.29) is 12.6 Å². The second-order valence-corrected chi connectivity index (χ2v) is 9.64. The van der Waals surface area contributed by atoms with E-state index in [9.17, 15) is 5.11 Å². The van der Waals surface area contributed by atoms with Crippen molar-refractivity contribution in [3.8, 4) is 0 Å². The van der Waals surface area contributed by atoms with Gasteiger partial charge in [0.1, 0.15) is 0 Å². The van der Waals surface area contributed by atoms with Crippen LogP contribution in [0, 0.1) is 19.8 Å². The van der Waals surface area contributed by atoms with Gasteiger partial charge in [0.05, 0.1) is 24.4 Å². The molecule has 1 aliphatic carbocycles. The number of aromatic nitrogens is 1. The zero-order valence-electron chi connectivity index (χ0n) is 17.1. The molecule has 28 heavy (non-hydrogen) atoms. The zero-order valence-corrected chi connectivity index (χ0v) is 17.9. The lowest BCUT2D eigenvalue weighted by molar-refractivity contribution is 0.166. The van der Waals surface area contributed by atoms with E-state index in [1.165, 1.54) is 42.5 Å². The summed E-state index contributed by atoms with van der Waals surface area (Å²) < 4.78 is 0. The van der Waals surface area contributed by atoms with Crippen molar-refractivity contribution in [1.82, 2.24) is 10.3 Å². The average molecular weight is 400 g/mol. The minimum atomic E-state index is 0.105. The maximum absolute atomic E-state index is 10.2.